The van der Waals surface area contributed by atoms with Gasteiger partial charge in [-0.05, 0) is 0 Å². The Bertz CT molecular complexity index is 474. The third kappa shape index (κ3) is 2.83. The van der Waals surface area contributed by atoms with E-state index in [4.69, 9.17) is 0 Å². The first kappa shape index (κ1) is 12.8. The number of Topliss-reactive ketones (excluding diaryl/α,β-unsaturated/α-hetero) is 1. The minimum absolute atomic E-state index is 0.253. The zero-order valence-electron chi connectivity index (χ0n) is 8.75. The van der Waals surface area contributed by atoms with Gasteiger partial charge < -0.3 is 4.74 Å². The lowest BCUT2D eigenvalue weighted by molar-refractivity contribution is -0.384. The van der Waals surface area contributed by atoms with Crippen molar-refractivity contribution in [2.24, 2.45) is 0 Å². The molecule has 0 heterocycles. The Morgan fingerprint density at radius 3 is 2.65 bits per heavy atom. The maximum Gasteiger partial charge on any atom is 0.348 e. The molecule has 1 atom stereocenters. The van der Waals surface area contributed by atoms with Gasteiger partial charge in [0.15, 0.2) is 0 Å². The van der Waals surface area contributed by atoms with Crippen molar-refractivity contribution in [2.45, 2.75) is 6.17 Å². The molecule has 0 aliphatic carbocycles. The van der Waals surface area contributed by atoms with Gasteiger partial charge in [0.1, 0.15) is 0 Å². The number of ether oxygens (including phenoxy) is 1. The molecule has 0 radical (unpaired) electrons. The standard InChI is InChI=1S/C10H8FNO5/c1-17-10(14)8(11)9(13)6-3-2-4-7(5-6)12(15)16/h2-5,8H,1H3. The summed E-state index contributed by atoms with van der Waals surface area (Å²) in [6.45, 7) is 0. The highest BCUT2D eigenvalue weighted by molar-refractivity contribution is 6.11. The topological polar surface area (TPSA) is 86.5 Å². The number of rotatable bonds is 4. The van der Waals surface area contributed by atoms with Crippen molar-refractivity contribution in [2.75, 3.05) is 7.11 Å². The number of nitrogens with zero attached hydrogens (tertiary/aromatic N) is 1. The average Bonchev–Trinajstić information content (AvgIpc) is 2.36. The second-order valence-corrected chi connectivity index (χ2v) is 3.06. The number of esters is 1. The number of non-ortho nitro benzene ring substituents is 1. The molecule has 17 heavy (non-hydrogen) atoms. The highest BCUT2D eigenvalue weighted by atomic mass is 19.1. The van der Waals surface area contributed by atoms with Gasteiger partial charge in [0.2, 0.25) is 5.78 Å². The number of methoxy groups -OCH3 is 1. The molecule has 0 aliphatic rings. The highest BCUT2D eigenvalue weighted by Gasteiger charge is 2.28. The number of ketones is 1. The van der Waals surface area contributed by atoms with Crippen molar-refractivity contribution in [1.29, 1.82) is 0 Å². The molecule has 1 aromatic rings. The van der Waals surface area contributed by atoms with Crippen molar-refractivity contribution < 1.29 is 23.6 Å². The van der Waals surface area contributed by atoms with Crippen molar-refractivity contribution in [3.8, 4) is 0 Å². The van der Waals surface area contributed by atoms with E-state index < -0.39 is 22.8 Å². The molecule has 6 nitrogen and oxygen atoms in total. The molecule has 1 aromatic carbocycles. The minimum Gasteiger partial charge on any atom is -0.467 e. The summed E-state index contributed by atoms with van der Waals surface area (Å²) >= 11 is 0. The maximum atomic E-state index is 13.2. The van der Waals surface area contributed by atoms with E-state index in [0.717, 1.165) is 19.2 Å². The summed E-state index contributed by atoms with van der Waals surface area (Å²) in [7, 11) is 0.940. The van der Waals surface area contributed by atoms with Crippen molar-refractivity contribution in [3.05, 3.63) is 39.9 Å². The molecule has 0 N–H and O–H groups in total. The van der Waals surface area contributed by atoms with Crippen LogP contribution in [0.4, 0.5) is 10.1 Å². The molecule has 7 heteroatoms. The van der Waals surface area contributed by atoms with Crippen molar-refractivity contribution >= 4 is 17.4 Å². The molecule has 0 saturated carbocycles. The Balaban J connectivity index is 3.00. The summed E-state index contributed by atoms with van der Waals surface area (Å²) < 4.78 is 17.3. The minimum atomic E-state index is -2.47. The average molecular weight is 241 g/mol. The second-order valence-electron chi connectivity index (χ2n) is 3.06. The molecule has 0 aromatic heterocycles. The van der Waals surface area contributed by atoms with E-state index in [0.29, 0.717) is 0 Å². The summed E-state index contributed by atoms with van der Waals surface area (Å²) in [5.74, 6) is -2.50. The first-order chi connectivity index (χ1) is 7.97. The smallest absolute Gasteiger partial charge is 0.348 e. The van der Waals surface area contributed by atoms with Crippen molar-refractivity contribution in [1.82, 2.24) is 0 Å². The molecule has 0 bridgehead atoms. The summed E-state index contributed by atoms with van der Waals surface area (Å²) in [6.07, 6.45) is -2.47. The lowest BCUT2D eigenvalue weighted by atomic mass is 10.1. The summed E-state index contributed by atoms with van der Waals surface area (Å²) in [6, 6.07) is 4.47. The van der Waals surface area contributed by atoms with Crippen molar-refractivity contribution in [3.63, 3.8) is 0 Å². The van der Waals surface area contributed by atoms with Crippen LogP contribution in [0.3, 0.4) is 0 Å². The summed E-state index contributed by atoms with van der Waals surface area (Å²) in [4.78, 5) is 31.9. The normalized spacial score (nSPS) is 11.6. The van der Waals surface area contributed by atoms with Crippen LogP contribution in [0, 0.1) is 10.1 Å². The predicted molar refractivity (Wildman–Crippen MR) is 54.3 cm³/mol. The Morgan fingerprint density at radius 2 is 2.12 bits per heavy atom. The Morgan fingerprint density at radius 1 is 1.47 bits per heavy atom. The number of hydrogen-bond acceptors (Lipinski definition) is 5. The van der Waals surface area contributed by atoms with E-state index in [9.17, 15) is 24.1 Å². The number of hydrogen-bond donors (Lipinski definition) is 0. The van der Waals surface area contributed by atoms with Crippen LogP contribution in [0.5, 0.6) is 0 Å². The van der Waals surface area contributed by atoms with E-state index in [-0.39, 0.29) is 11.3 Å². The monoisotopic (exact) mass is 241 g/mol. The molecular weight excluding hydrogens is 233 g/mol. The van der Waals surface area contributed by atoms with E-state index in [2.05, 4.69) is 4.74 Å². The zero-order chi connectivity index (χ0) is 13.0. The van der Waals surface area contributed by atoms with E-state index in [1.165, 1.54) is 12.1 Å². The molecule has 1 rings (SSSR count). The van der Waals surface area contributed by atoms with Gasteiger partial charge in [-0.3, -0.25) is 14.9 Å². The van der Waals surface area contributed by atoms with Crippen LogP contribution in [0.15, 0.2) is 24.3 Å². The van der Waals surface area contributed by atoms with E-state index >= 15 is 0 Å². The quantitative estimate of drug-likeness (QED) is 0.260. The van der Waals surface area contributed by atoms with Crippen LogP contribution in [0.2, 0.25) is 0 Å². The summed E-state index contributed by atoms with van der Waals surface area (Å²) in [5.41, 5.74) is -0.606. The van der Waals surface area contributed by atoms with Gasteiger partial charge in [-0.15, -0.1) is 0 Å². The molecule has 0 aliphatic heterocycles. The number of nitro benzene ring substituents is 1. The molecule has 0 spiro atoms. The second kappa shape index (κ2) is 5.15. The fourth-order valence-electron chi connectivity index (χ4n) is 1.13. The zero-order valence-corrected chi connectivity index (χ0v) is 8.75. The fourth-order valence-corrected chi connectivity index (χ4v) is 1.13. The number of alkyl halides is 1. The van der Waals surface area contributed by atoms with Crippen LogP contribution in [0.25, 0.3) is 0 Å². The van der Waals surface area contributed by atoms with Gasteiger partial charge in [0.25, 0.3) is 11.9 Å². The lowest BCUT2D eigenvalue weighted by Crippen LogP contribution is -2.26. The predicted octanol–water partition coefficient (Wildman–Crippen LogP) is 1.29. The first-order valence-corrected chi connectivity index (χ1v) is 4.48. The molecule has 0 saturated heterocycles. The van der Waals surface area contributed by atoms with Gasteiger partial charge in [0, 0.05) is 17.7 Å². The SMILES string of the molecule is COC(=O)C(F)C(=O)c1cccc([N+](=O)[O-])c1. The van der Waals surface area contributed by atoms with Crippen LogP contribution in [-0.4, -0.2) is 30.0 Å². The van der Waals surface area contributed by atoms with Gasteiger partial charge >= 0.3 is 5.97 Å². The van der Waals surface area contributed by atoms with Crippen LogP contribution in [0.1, 0.15) is 10.4 Å². The number of nitro groups is 1. The number of carbonyl (C=O) groups is 2. The van der Waals surface area contributed by atoms with Gasteiger partial charge in [-0.25, -0.2) is 9.18 Å². The third-order valence-corrected chi connectivity index (χ3v) is 1.98. The Labute approximate surface area is 95.1 Å². The Hall–Kier alpha value is -2.31. The Kier molecular flexibility index (Phi) is 3.86. The van der Waals surface area contributed by atoms with Gasteiger partial charge in [0.05, 0.1) is 12.0 Å². The molecule has 0 fully saturated rings. The van der Waals surface area contributed by atoms with Crippen LogP contribution >= 0.6 is 0 Å². The van der Waals surface area contributed by atoms with E-state index in [1.807, 2.05) is 0 Å². The fraction of sp³-hybridized carbons (Fsp3) is 0.200. The lowest BCUT2D eigenvalue weighted by Gasteiger charge is -2.04. The molecule has 0 amide bonds. The van der Waals surface area contributed by atoms with Crippen LogP contribution in [-0.2, 0) is 9.53 Å². The maximum absolute atomic E-state index is 13.2. The largest absolute Gasteiger partial charge is 0.467 e. The molecular formula is C10H8FNO5. The number of halogens is 1. The third-order valence-electron chi connectivity index (χ3n) is 1.98. The van der Waals surface area contributed by atoms with Gasteiger partial charge in [-0.2, -0.15) is 0 Å². The first-order valence-electron chi connectivity index (χ1n) is 4.48. The number of carbonyl (C=O) groups excluding carboxylic acids is 2. The molecule has 90 valence electrons. The summed E-state index contributed by atoms with van der Waals surface area (Å²) in [5, 5.41) is 10.4. The van der Waals surface area contributed by atoms with Gasteiger partial charge in [-0.1, -0.05) is 12.1 Å². The molecule has 1 unspecified atom stereocenters. The number of benzene rings is 1. The highest BCUT2D eigenvalue weighted by Crippen LogP contribution is 2.15. The van der Waals surface area contributed by atoms with Crippen LogP contribution < -0.4 is 0 Å². The van der Waals surface area contributed by atoms with E-state index in [1.54, 1.807) is 0 Å².